The normalized spacial score (nSPS) is 17.2. The largest absolute Gasteiger partial charge is 0.369 e. The lowest BCUT2D eigenvalue weighted by Gasteiger charge is -2.28. The van der Waals surface area contributed by atoms with E-state index in [0.29, 0.717) is 17.6 Å². The summed E-state index contributed by atoms with van der Waals surface area (Å²) in [7, 11) is -1.70. The number of likely N-dealkylation sites (N-methyl/N-ethyl adjacent to an activating group) is 1. The van der Waals surface area contributed by atoms with Gasteiger partial charge < -0.3 is 4.90 Å². The van der Waals surface area contributed by atoms with Crippen molar-refractivity contribution in [1.29, 1.82) is 0 Å². The Morgan fingerprint density at radius 3 is 2.73 bits per heavy atom. The van der Waals surface area contributed by atoms with Crippen molar-refractivity contribution in [2.24, 2.45) is 0 Å². The van der Waals surface area contributed by atoms with E-state index in [1.807, 2.05) is 19.1 Å². The Kier molecular flexibility index (Phi) is 6.03. The summed E-state index contributed by atoms with van der Waals surface area (Å²) in [5.74, 6) is 0.310. The lowest BCUT2D eigenvalue weighted by Crippen LogP contribution is -2.35. The molecule has 1 aromatic carbocycles. The standard InChI is InChI=1S/C21H25N5O2S2/c1-16-19(8-9-21(23-16)30(27,28)24-20-14-29-15-22-20)25(2)18-10-11-26(13-18)12-17-6-4-3-5-7-17/h3-9,14-15,18,24H,10-13H2,1-2H3. The number of nitrogens with one attached hydrogen (secondary N) is 1. The minimum Gasteiger partial charge on any atom is -0.369 e. The number of pyridine rings is 1. The highest BCUT2D eigenvalue weighted by Gasteiger charge is 2.27. The van der Waals surface area contributed by atoms with Crippen molar-refractivity contribution in [2.75, 3.05) is 29.8 Å². The van der Waals surface area contributed by atoms with Gasteiger partial charge in [0.2, 0.25) is 0 Å². The van der Waals surface area contributed by atoms with Gasteiger partial charge in [0, 0.05) is 38.1 Å². The Bertz CT molecular complexity index is 1090. The summed E-state index contributed by atoms with van der Waals surface area (Å²) >= 11 is 1.33. The molecule has 3 aromatic rings. The zero-order chi connectivity index (χ0) is 21.1. The molecule has 1 aliphatic rings. The Morgan fingerprint density at radius 2 is 2.03 bits per heavy atom. The highest BCUT2D eigenvalue weighted by Crippen LogP contribution is 2.26. The molecule has 9 heteroatoms. The molecule has 1 aliphatic heterocycles. The van der Waals surface area contributed by atoms with Gasteiger partial charge in [-0.2, -0.15) is 8.42 Å². The van der Waals surface area contributed by atoms with Crippen LogP contribution in [0.4, 0.5) is 11.5 Å². The summed E-state index contributed by atoms with van der Waals surface area (Å²) in [4.78, 5) is 13.0. The van der Waals surface area contributed by atoms with E-state index < -0.39 is 10.0 Å². The third kappa shape index (κ3) is 4.63. The number of hydrogen-bond acceptors (Lipinski definition) is 7. The number of benzene rings is 1. The second-order valence-corrected chi connectivity index (χ2v) is 9.86. The summed E-state index contributed by atoms with van der Waals surface area (Å²) in [5.41, 5.74) is 4.55. The van der Waals surface area contributed by atoms with Crippen LogP contribution in [0.1, 0.15) is 17.7 Å². The van der Waals surface area contributed by atoms with E-state index in [9.17, 15) is 8.42 Å². The van der Waals surface area contributed by atoms with Gasteiger partial charge in [-0.15, -0.1) is 11.3 Å². The van der Waals surface area contributed by atoms with Crippen molar-refractivity contribution >= 4 is 32.9 Å². The molecule has 30 heavy (non-hydrogen) atoms. The first-order chi connectivity index (χ1) is 14.4. The molecule has 7 nitrogen and oxygen atoms in total. The molecule has 4 rings (SSSR count). The number of aromatic nitrogens is 2. The molecule has 0 bridgehead atoms. The molecule has 1 N–H and O–H groups in total. The monoisotopic (exact) mass is 443 g/mol. The van der Waals surface area contributed by atoms with Crippen molar-refractivity contribution in [1.82, 2.24) is 14.9 Å². The lowest BCUT2D eigenvalue weighted by atomic mass is 10.2. The van der Waals surface area contributed by atoms with Gasteiger partial charge in [0.25, 0.3) is 10.0 Å². The number of rotatable bonds is 7. The van der Waals surface area contributed by atoms with Crippen LogP contribution in [0.5, 0.6) is 0 Å². The maximum Gasteiger partial charge on any atom is 0.280 e. The van der Waals surface area contributed by atoms with E-state index in [1.54, 1.807) is 17.0 Å². The number of thiazole rings is 1. The average Bonchev–Trinajstić information content (AvgIpc) is 3.40. The van der Waals surface area contributed by atoms with Crippen molar-refractivity contribution in [3.8, 4) is 0 Å². The molecule has 2 aromatic heterocycles. The molecule has 3 heterocycles. The van der Waals surface area contributed by atoms with E-state index in [0.717, 1.165) is 31.7 Å². The summed E-state index contributed by atoms with van der Waals surface area (Å²) in [6, 6.07) is 14.3. The highest BCUT2D eigenvalue weighted by atomic mass is 32.2. The third-order valence-electron chi connectivity index (χ3n) is 5.40. The third-order valence-corrected chi connectivity index (χ3v) is 7.25. The topological polar surface area (TPSA) is 78.4 Å². The number of anilines is 2. The molecular weight excluding hydrogens is 418 g/mol. The zero-order valence-electron chi connectivity index (χ0n) is 17.0. The average molecular weight is 444 g/mol. The molecule has 0 radical (unpaired) electrons. The fraction of sp³-hybridized carbons (Fsp3) is 0.333. The van der Waals surface area contributed by atoms with Gasteiger partial charge >= 0.3 is 0 Å². The summed E-state index contributed by atoms with van der Waals surface area (Å²) in [6.07, 6.45) is 1.06. The quantitative estimate of drug-likeness (QED) is 0.603. The highest BCUT2D eigenvalue weighted by molar-refractivity contribution is 7.92. The summed E-state index contributed by atoms with van der Waals surface area (Å²) in [5, 5.41) is 1.65. The van der Waals surface area contributed by atoms with Crippen LogP contribution in [0.3, 0.4) is 0 Å². The van der Waals surface area contributed by atoms with Gasteiger partial charge in [0.1, 0.15) is 0 Å². The SMILES string of the molecule is Cc1nc(S(=O)(=O)Nc2cscn2)ccc1N(C)C1CCN(Cc2ccccc2)C1. The van der Waals surface area contributed by atoms with Crippen LogP contribution < -0.4 is 9.62 Å². The summed E-state index contributed by atoms with van der Waals surface area (Å²) < 4.78 is 27.6. The molecule has 0 spiro atoms. The van der Waals surface area contributed by atoms with Crippen molar-refractivity contribution in [3.05, 3.63) is 64.6 Å². The lowest BCUT2D eigenvalue weighted by molar-refractivity contribution is 0.326. The molecule has 1 saturated heterocycles. The second kappa shape index (κ2) is 8.71. The Balaban J connectivity index is 1.44. The van der Waals surface area contributed by atoms with E-state index in [1.165, 1.54) is 16.9 Å². The Morgan fingerprint density at radius 1 is 1.23 bits per heavy atom. The van der Waals surface area contributed by atoms with Crippen LogP contribution in [0.15, 0.2) is 58.4 Å². The predicted octanol–water partition coefficient (Wildman–Crippen LogP) is 3.36. The van der Waals surface area contributed by atoms with Crippen LogP contribution in [0, 0.1) is 6.92 Å². The maximum absolute atomic E-state index is 12.6. The first-order valence-electron chi connectivity index (χ1n) is 9.80. The van der Waals surface area contributed by atoms with Crippen LogP contribution in [0.2, 0.25) is 0 Å². The smallest absolute Gasteiger partial charge is 0.280 e. The predicted molar refractivity (Wildman–Crippen MR) is 120 cm³/mol. The van der Waals surface area contributed by atoms with E-state index >= 15 is 0 Å². The van der Waals surface area contributed by atoms with Gasteiger partial charge in [-0.3, -0.25) is 9.62 Å². The van der Waals surface area contributed by atoms with Crippen molar-refractivity contribution < 1.29 is 8.42 Å². The molecule has 1 fully saturated rings. The maximum atomic E-state index is 12.6. The molecule has 0 saturated carbocycles. The molecule has 0 amide bonds. The van der Waals surface area contributed by atoms with E-state index in [2.05, 4.69) is 55.8 Å². The molecular formula is C21H25N5O2S2. The molecule has 1 unspecified atom stereocenters. The van der Waals surface area contributed by atoms with Gasteiger partial charge in [-0.1, -0.05) is 30.3 Å². The van der Waals surface area contributed by atoms with Crippen molar-refractivity contribution in [3.63, 3.8) is 0 Å². The van der Waals surface area contributed by atoms with Gasteiger partial charge in [0.15, 0.2) is 10.8 Å². The first-order valence-corrected chi connectivity index (χ1v) is 12.2. The summed E-state index contributed by atoms with van der Waals surface area (Å²) in [6.45, 7) is 4.81. The second-order valence-electron chi connectivity index (χ2n) is 7.51. The minimum atomic E-state index is -3.75. The molecule has 0 aliphatic carbocycles. The van der Waals surface area contributed by atoms with Crippen LogP contribution in [-0.4, -0.2) is 49.5 Å². The first kappa shape index (κ1) is 20.8. The van der Waals surface area contributed by atoms with E-state index in [-0.39, 0.29) is 5.03 Å². The van der Waals surface area contributed by atoms with Crippen LogP contribution >= 0.6 is 11.3 Å². The Hall–Kier alpha value is -2.49. The molecule has 1 atom stereocenters. The van der Waals surface area contributed by atoms with Gasteiger partial charge in [0.05, 0.1) is 16.9 Å². The number of hydrogen-bond donors (Lipinski definition) is 1. The van der Waals surface area contributed by atoms with Crippen LogP contribution in [0.25, 0.3) is 0 Å². The molecule has 158 valence electrons. The van der Waals surface area contributed by atoms with Gasteiger partial charge in [-0.25, -0.2) is 9.97 Å². The fourth-order valence-electron chi connectivity index (χ4n) is 3.82. The number of sulfonamides is 1. The Labute approximate surface area is 181 Å². The van der Waals surface area contributed by atoms with E-state index in [4.69, 9.17) is 0 Å². The number of nitrogens with zero attached hydrogens (tertiary/aromatic N) is 4. The van der Waals surface area contributed by atoms with Crippen LogP contribution in [-0.2, 0) is 16.6 Å². The van der Waals surface area contributed by atoms with Gasteiger partial charge in [-0.05, 0) is 31.0 Å². The fourth-order valence-corrected chi connectivity index (χ4v) is 5.37. The van der Waals surface area contributed by atoms with Crippen molar-refractivity contribution in [2.45, 2.75) is 31.0 Å². The minimum absolute atomic E-state index is 0.00211. The number of aryl methyl sites for hydroxylation is 1. The number of likely N-dealkylation sites (tertiary alicyclic amines) is 1. The zero-order valence-corrected chi connectivity index (χ0v) is 18.7.